The normalized spacial score (nSPS) is 18.3. The number of hydrogen-bond acceptors (Lipinski definition) is 4. The van der Waals surface area contributed by atoms with Gasteiger partial charge < -0.3 is 29.8 Å². The fraction of sp³-hybridized carbons (Fsp3) is 0.257. The van der Waals surface area contributed by atoms with Gasteiger partial charge in [-0.3, -0.25) is 0 Å². The van der Waals surface area contributed by atoms with Gasteiger partial charge in [0.05, 0.1) is 5.57 Å². The number of carboxylic acids is 2. The Morgan fingerprint density at radius 1 is 0.860 bits per heavy atom. The van der Waals surface area contributed by atoms with E-state index in [-0.39, 0.29) is 31.7 Å². The molecule has 2 aliphatic rings. The molecule has 4 heterocycles. The van der Waals surface area contributed by atoms with E-state index in [4.69, 9.17) is 0 Å². The topological polar surface area (TPSA) is 140 Å². The average molecular weight is 579 g/mol. The van der Waals surface area contributed by atoms with Crippen LogP contribution in [0.25, 0.3) is 18.2 Å². The SMILES string of the molecule is C=CC1=C(C)/C(=C/c2[nH]c(/C=c3\[nH]/c(=C\C4=[NH+]C(C=C)C(C)=C4C=C)c(C)c3CCC(=O)[O-])c(CCC(=O)[O-])c2C)[NH+]=C1. The molecule has 43 heavy (non-hydrogen) atoms. The van der Waals surface area contributed by atoms with Crippen molar-refractivity contribution in [1.29, 1.82) is 0 Å². The van der Waals surface area contributed by atoms with Gasteiger partial charge in [0.15, 0.2) is 12.3 Å². The minimum Gasteiger partial charge on any atom is -0.550 e. The summed E-state index contributed by atoms with van der Waals surface area (Å²) in [6.07, 6.45) is 13.5. The third kappa shape index (κ3) is 6.43. The summed E-state index contributed by atoms with van der Waals surface area (Å²) < 4.78 is 0. The summed E-state index contributed by atoms with van der Waals surface area (Å²) in [7, 11) is 0. The van der Waals surface area contributed by atoms with Crippen molar-refractivity contribution in [2.24, 2.45) is 0 Å². The highest BCUT2D eigenvalue weighted by atomic mass is 16.4. The first kappa shape index (κ1) is 31.0. The fourth-order valence-corrected chi connectivity index (χ4v) is 5.67. The molecule has 1 unspecified atom stereocenters. The van der Waals surface area contributed by atoms with Crippen LogP contribution in [0.4, 0.5) is 0 Å². The molecule has 0 fully saturated rings. The van der Waals surface area contributed by atoms with Gasteiger partial charge in [0.1, 0.15) is 0 Å². The number of nitrogens with one attached hydrogen (secondary N) is 4. The molecule has 2 aliphatic heterocycles. The lowest BCUT2D eigenvalue weighted by atomic mass is 10.0. The number of aromatic nitrogens is 2. The van der Waals surface area contributed by atoms with Gasteiger partial charge in [-0.1, -0.05) is 31.9 Å². The minimum atomic E-state index is -1.13. The molecule has 2 aromatic rings. The molecular weight excluding hydrogens is 540 g/mol. The Kier molecular flexibility index (Phi) is 9.29. The minimum absolute atomic E-state index is 0.00757. The maximum absolute atomic E-state index is 11.4. The van der Waals surface area contributed by atoms with E-state index in [1.807, 2.05) is 64.3 Å². The smallest absolute Gasteiger partial charge is 0.209 e. The first-order valence-corrected chi connectivity index (χ1v) is 14.3. The molecule has 4 N–H and O–H groups in total. The molecule has 8 nitrogen and oxygen atoms in total. The molecule has 0 saturated heterocycles. The molecule has 0 amide bonds. The summed E-state index contributed by atoms with van der Waals surface area (Å²) in [5.74, 6) is -2.26. The fourth-order valence-electron chi connectivity index (χ4n) is 5.67. The van der Waals surface area contributed by atoms with Crippen molar-refractivity contribution in [2.75, 3.05) is 0 Å². The van der Waals surface area contributed by atoms with Gasteiger partial charge in [-0.2, -0.15) is 0 Å². The summed E-state index contributed by atoms with van der Waals surface area (Å²) in [5.41, 5.74) is 11.1. The van der Waals surface area contributed by atoms with Gasteiger partial charge in [0.25, 0.3) is 0 Å². The van der Waals surface area contributed by atoms with E-state index in [1.165, 1.54) is 0 Å². The zero-order valence-corrected chi connectivity index (χ0v) is 25.2. The molecule has 0 radical (unpaired) electrons. The van der Waals surface area contributed by atoms with Crippen LogP contribution >= 0.6 is 0 Å². The number of carboxylic acid groups (broad SMARTS) is 2. The van der Waals surface area contributed by atoms with Crippen LogP contribution in [0.3, 0.4) is 0 Å². The highest BCUT2D eigenvalue weighted by Crippen LogP contribution is 2.24. The van der Waals surface area contributed by atoms with E-state index in [0.717, 1.165) is 78.0 Å². The number of allylic oxidation sites excluding steroid dienone is 5. The summed E-state index contributed by atoms with van der Waals surface area (Å²) in [5, 5.41) is 24.4. The van der Waals surface area contributed by atoms with E-state index >= 15 is 0 Å². The first-order chi connectivity index (χ1) is 20.5. The van der Waals surface area contributed by atoms with Crippen LogP contribution < -0.4 is 30.9 Å². The lowest BCUT2D eigenvalue weighted by Gasteiger charge is -2.05. The number of H-pyrrole nitrogens is 2. The van der Waals surface area contributed by atoms with Crippen molar-refractivity contribution in [3.8, 4) is 0 Å². The summed E-state index contributed by atoms with van der Waals surface area (Å²) in [4.78, 5) is 36.6. The van der Waals surface area contributed by atoms with Gasteiger partial charge in [0.2, 0.25) is 11.4 Å². The molecule has 0 aliphatic carbocycles. The van der Waals surface area contributed by atoms with E-state index in [2.05, 4.69) is 39.7 Å². The van der Waals surface area contributed by atoms with Crippen LogP contribution in [0.15, 0.2) is 66.0 Å². The maximum Gasteiger partial charge on any atom is 0.209 e. The predicted octanol–water partition coefficient (Wildman–Crippen LogP) is -1.47. The molecule has 8 heteroatoms. The second kappa shape index (κ2) is 12.9. The molecule has 4 rings (SSSR count). The maximum atomic E-state index is 11.4. The second-order valence-electron chi connectivity index (χ2n) is 10.8. The molecule has 0 spiro atoms. The standard InChI is InChI=1S/C35H38N4O4/c1-8-23-18-36-28(19(23)4)15-29-21(6)25(11-13-34(40)41)32(38-29)17-33-26(12-14-35(42)43)22(7)30(39-33)16-31-24(9-2)20(5)27(10-3)37-31/h8-10,15-18,27,38-39H,1-3,11-14H2,4-7H3,(H,40,41)(H,42,43)/b28-15-,30-16-,33-17-. The Morgan fingerprint density at radius 3 is 2.12 bits per heavy atom. The Morgan fingerprint density at radius 2 is 1.53 bits per heavy atom. The summed E-state index contributed by atoms with van der Waals surface area (Å²) >= 11 is 0. The van der Waals surface area contributed by atoms with E-state index in [1.54, 1.807) is 6.08 Å². The molecular formula is C35H38N4O4. The van der Waals surface area contributed by atoms with Crippen LogP contribution in [0, 0.1) is 13.8 Å². The van der Waals surface area contributed by atoms with Crippen LogP contribution in [0.1, 0.15) is 60.3 Å². The number of carbonyl (C=O) groups excluding carboxylic acids is 2. The van der Waals surface area contributed by atoms with Crippen LogP contribution in [0.2, 0.25) is 0 Å². The summed E-state index contributed by atoms with van der Waals surface area (Å²) in [6.45, 7) is 19.7. The second-order valence-corrected chi connectivity index (χ2v) is 10.8. The van der Waals surface area contributed by atoms with Crippen molar-refractivity contribution in [3.05, 3.63) is 110 Å². The monoisotopic (exact) mass is 578 g/mol. The van der Waals surface area contributed by atoms with Gasteiger partial charge >= 0.3 is 0 Å². The largest absolute Gasteiger partial charge is 0.550 e. The molecule has 2 aromatic heterocycles. The third-order valence-electron chi connectivity index (χ3n) is 8.30. The van der Waals surface area contributed by atoms with Gasteiger partial charge in [-0.25, -0.2) is 9.98 Å². The highest BCUT2D eigenvalue weighted by molar-refractivity contribution is 6.19. The molecule has 1 atom stereocenters. The predicted molar refractivity (Wildman–Crippen MR) is 166 cm³/mol. The Labute approximate surface area is 251 Å². The van der Waals surface area contributed by atoms with Gasteiger partial charge in [-0.15, -0.1) is 0 Å². The van der Waals surface area contributed by atoms with Gasteiger partial charge in [0, 0.05) is 62.9 Å². The van der Waals surface area contributed by atoms with E-state index in [9.17, 15) is 19.8 Å². The van der Waals surface area contributed by atoms with Crippen LogP contribution in [-0.2, 0) is 22.4 Å². The Balaban J connectivity index is 1.92. The summed E-state index contributed by atoms with van der Waals surface area (Å²) in [6, 6.07) is -0.00757. The number of carbonyl (C=O) groups is 2. The zero-order valence-electron chi connectivity index (χ0n) is 25.2. The van der Waals surface area contributed by atoms with Gasteiger partial charge in [-0.05, 0) is 87.8 Å². The van der Waals surface area contributed by atoms with Crippen molar-refractivity contribution < 1.29 is 29.8 Å². The third-order valence-corrected chi connectivity index (χ3v) is 8.30. The first-order valence-electron chi connectivity index (χ1n) is 14.3. The van der Waals surface area contributed by atoms with Crippen molar-refractivity contribution in [3.63, 3.8) is 0 Å². The number of rotatable bonds is 12. The Bertz CT molecular complexity index is 1820. The number of hydrogen-bond donors (Lipinski definition) is 4. The van der Waals surface area contributed by atoms with Crippen LogP contribution in [0.5, 0.6) is 0 Å². The molecule has 0 bridgehead atoms. The number of aliphatic carboxylic acids is 2. The van der Waals surface area contributed by atoms with Crippen molar-refractivity contribution >= 4 is 42.1 Å². The Hall–Kier alpha value is -4.98. The number of aromatic amines is 2. The van der Waals surface area contributed by atoms with Crippen molar-refractivity contribution in [1.82, 2.24) is 9.97 Å². The van der Waals surface area contributed by atoms with E-state index in [0.29, 0.717) is 0 Å². The highest BCUT2D eigenvalue weighted by Gasteiger charge is 2.27. The van der Waals surface area contributed by atoms with Crippen molar-refractivity contribution in [2.45, 2.75) is 59.4 Å². The van der Waals surface area contributed by atoms with Crippen LogP contribution in [-0.4, -0.2) is 39.9 Å². The average Bonchev–Trinajstić information content (AvgIpc) is 3.65. The molecule has 0 aromatic carbocycles. The quantitative estimate of drug-likeness (QED) is 0.229. The lowest BCUT2D eigenvalue weighted by Crippen LogP contribution is -2.76. The molecule has 0 saturated carbocycles. The zero-order chi connectivity index (χ0) is 31.4. The molecule has 222 valence electrons. The lowest BCUT2D eigenvalue weighted by molar-refractivity contribution is -0.471. The van der Waals surface area contributed by atoms with E-state index < -0.39 is 11.9 Å².